The van der Waals surface area contributed by atoms with Crippen molar-refractivity contribution in [2.24, 2.45) is 5.73 Å². The zero-order chi connectivity index (χ0) is 17.8. The first-order chi connectivity index (χ1) is 12.0. The van der Waals surface area contributed by atoms with E-state index in [4.69, 9.17) is 17.3 Å². The fraction of sp³-hybridized carbons (Fsp3) is 0.375. The molecule has 1 aromatic carbocycles. The van der Waals surface area contributed by atoms with Gasteiger partial charge in [0.05, 0.1) is 5.75 Å². The highest BCUT2D eigenvalue weighted by Gasteiger charge is 2.30. The van der Waals surface area contributed by atoms with Crippen LogP contribution in [0.4, 0.5) is 5.69 Å². The van der Waals surface area contributed by atoms with Crippen molar-refractivity contribution in [3.05, 3.63) is 35.1 Å². The van der Waals surface area contributed by atoms with E-state index < -0.39 is 0 Å². The molecule has 1 heterocycles. The summed E-state index contributed by atoms with van der Waals surface area (Å²) >= 11 is 7.12. The van der Waals surface area contributed by atoms with Crippen LogP contribution in [0, 0.1) is 0 Å². The number of carbonyl (C=O) groups excluding carboxylic acids is 2. The van der Waals surface area contributed by atoms with Crippen molar-refractivity contribution in [3.8, 4) is 0 Å². The summed E-state index contributed by atoms with van der Waals surface area (Å²) < 4.78 is 1.91. The second-order valence-corrected chi connectivity index (χ2v) is 7.21. The van der Waals surface area contributed by atoms with Crippen molar-refractivity contribution in [1.82, 2.24) is 14.8 Å². The van der Waals surface area contributed by atoms with E-state index in [1.807, 2.05) is 4.57 Å². The van der Waals surface area contributed by atoms with Crippen LogP contribution in [0.5, 0.6) is 0 Å². The lowest BCUT2D eigenvalue weighted by Crippen LogP contribution is -2.17. The minimum atomic E-state index is -0.369. The van der Waals surface area contributed by atoms with Gasteiger partial charge in [-0.3, -0.25) is 9.59 Å². The lowest BCUT2D eigenvalue weighted by molar-refractivity contribution is -0.118. The number of nitrogens with two attached hydrogens (primary N) is 1. The van der Waals surface area contributed by atoms with Crippen LogP contribution >= 0.6 is 23.4 Å². The summed E-state index contributed by atoms with van der Waals surface area (Å²) in [6.45, 7) is 0.440. The third-order valence-corrected chi connectivity index (χ3v) is 4.95. The number of anilines is 1. The Kier molecular flexibility index (Phi) is 5.60. The van der Waals surface area contributed by atoms with Gasteiger partial charge >= 0.3 is 0 Å². The minimum Gasteiger partial charge on any atom is -0.370 e. The maximum absolute atomic E-state index is 12.1. The Hall–Kier alpha value is -2.06. The lowest BCUT2D eigenvalue weighted by Gasteiger charge is -2.09. The number of benzene rings is 1. The summed E-state index contributed by atoms with van der Waals surface area (Å²) in [5.41, 5.74) is 5.93. The lowest BCUT2D eigenvalue weighted by atomic mass is 10.3. The summed E-state index contributed by atoms with van der Waals surface area (Å²) in [5.74, 6) is 0.957. The van der Waals surface area contributed by atoms with E-state index >= 15 is 0 Å². The molecule has 9 heteroatoms. The van der Waals surface area contributed by atoms with Gasteiger partial charge in [0.25, 0.3) is 0 Å². The minimum absolute atomic E-state index is 0.148. The first-order valence-corrected chi connectivity index (χ1v) is 9.29. The van der Waals surface area contributed by atoms with Crippen molar-refractivity contribution in [3.63, 3.8) is 0 Å². The number of rotatable bonds is 8. The Labute approximate surface area is 154 Å². The van der Waals surface area contributed by atoms with Crippen molar-refractivity contribution >= 4 is 40.9 Å². The van der Waals surface area contributed by atoms with E-state index in [1.54, 1.807) is 24.3 Å². The van der Waals surface area contributed by atoms with Crippen LogP contribution in [0.25, 0.3) is 0 Å². The maximum Gasteiger partial charge on any atom is 0.234 e. The number of carbonyl (C=O) groups is 2. The molecule has 2 amide bonds. The first-order valence-electron chi connectivity index (χ1n) is 7.92. The number of hydrogen-bond donors (Lipinski definition) is 2. The molecule has 1 fully saturated rings. The molecule has 0 bridgehead atoms. The highest BCUT2D eigenvalue weighted by atomic mass is 35.5. The SMILES string of the molecule is NC(=O)CCn1c(SCC(=O)Nc2ccc(Cl)cc2)nnc1C1CC1. The van der Waals surface area contributed by atoms with Crippen molar-refractivity contribution in [2.75, 3.05) is 11.1 Å². The van der Waals surface area contributed by atoms with E-state index in [2.05, 4.69) is 15.5 Å². The highest BCUT2D eigenvalue weighted by molar-refractivity contribution is 7.99. The second kappa shape index (κ2) is 7.88. The van der Waals surface area contributed by atoms with E-state index in [-0.39, 0.29) is 24.0 Å². The van der Waals surface area contributed by atoms with Crippen LogP contribution in [0.15, 0.2) is 29.4 Å². The molecule has 1 aromatic heterocycles. The molecule has 2 aromatic rings. The third kappa shape index (κ3) is 4.96. The number of primary amides is 1. The van der Waals surface area contributed by atoms with Crippen molar-refractivity contribution in [2.45, 2.75) is 36.9 Å². The quantitative estimate of drug-likeness (QED) is 0.685. The number of hydrogen-bond acceptors (Lipinski definition) is 5. The van der Waals surface area contributed by atoms with Crippen LogP contribution < -0.4 is 11.1 Å². The molecule has 0 aliphatic heterocycles. The van der Waals surface area contributed by atoms with Gasteiger partial charge in [-0.05, 0) is 37.1 Å². The Balaban J connectivity index is 1.60. The molecule has 1 aliphatic rings. The topological polar surface area (TPSA) is 103 Å². The van der Waals surface area contributed by atoms with Crippen molar-refractivity contribution in [1.29, 1.82) is 0 Å². The van der Waals surface area contributed by atoms with Gasteiger partial charge < -0.3 is 15.6 Å². The number of amides is 2. The number of nitrogens with zero attached hydrogens (tertiary/aromatic N) is 3. The van der Waals surface area contributed by atoms with Gasteiger partial charge in [0.15, 0.2) is 5.16 Å². The van der Waals surface area contributed by atoms with E-state index in [1.165, 1.54) is 11.8 Å². The maximum atomic E-state index is 12.1. The van der Waals surface area contributed by atoms with E-state index in [9.17, 15) is 9.59 Å². The Morgan fingerprint density at radius 2 is 2.00 bits per heavy atom. The number of aromatic nitrogens is 3. The predicted octanol–water partition coefficient (Wildman–Crippen LogP) is 2.42. The Morgan fingerprint density at radius 3 is 2.64 bits per heavy atom. The van der Waals surface area contributed by atoms with Gasteiger partial charge in [-0.2, -0.15) is 0 Å². The fourth-order valence-corrected chi connectivity index (χ4v) is 3.24. The predicted molar refractivity (Wildman–Crippen MR) is 96.6 cm³/mol. The average Bonchev–Trinajstić information content (AvgIpc) is 3.34. The van der Waals surface area contributed by atoms with Gasteiger partial charge in [-0.25, -0.2) is 0 Å². The van der Waals surface area contributed by atoms with Crippen molar-refractivity contribution < 1.29 is 9.59 Å². The summed E-state index contributed by atoms with van der Waals surface area (Å²) in [4.78, 5) is 23.2. The Bertz CT molecular complexity index is 773. The molecule has 25 heavy (non-hydrogen) atoms. The smallest absolute Gasteiger partial charge is 0.234 e. The molecule has 132 valence electrons. The molecule has 0 radical (unpaired) electrons. The molecule has 1 aliphatic carbocycles. The largest absolute Gasteiger partial charge is 0.370 e. The van der Waals surface area contributed by atoms with Gasteiger partial charge in [0.2, 0.25) is 11.8 Å². The molecular formula is C16H18ClN5O2S. The van der Waals surface area contributed by atoms with Crippen LogP contribution in [0.2, 0.25) is 5.02 Å². The van der Waals surface area contributed by atoms with Crippen LogP contribution in [0.3, 0.4) is 0 Å². The Morgan fingerprint density at radius 1 is 1.28 bits per heavy atom. The molecule has 3 rings (SSSR count). The van der Waals surface area contributed by atoms with E-state index in [0.29, 0.717) is 28.3 Å². The summed E-state index contributed by atoms with van der Waals surface area (Å²) in [6, 6.07) is 6.91. The van der Waals surface area contributed by atoms with E-state index in [0.717, 1.165) is 18.7 Å². The van der Waals surface area contributed by atoms with Gasteiger partial charge in [-0.1, -0.05) is 23.4 Å². The fourth-order valence-electron chi connectivity index (χ4n) is 2.34. The summed E-state index contributed by atoms with van der Waals surface area (Å²) in [7, 11) is 0. The molecule has 0 spiro atoms. The van der Waals surface area contributed by atoms with Crippen LogP contribution in [-0.2, 0) is 16.1 Å². The average molecular weight is 380 g/mol. The van der Waals surface area contributed by atoms with Gasteiger partial charge in [0.1, 0.15) is 5.82 Å². The summed E-state index contributed by atoms with van der Waals surface area (Å²) in [5, 5.41) is 12.4. The number of thioether (sulfide) groups is 1. The first kappa shape index (κ1) is 17.8. The van der Waals surface area contributed by atoms with Gasteiger partial charge in [0, 0.05) is 29.6 Å². The normalized spacial score (nSPS) is 13.6. The summed E-state index contributed by atoms with van der Waals surface area (Å²) in [6.07, 6.45) is 2.38. The zero-order valence-electron chi connectivity index (χ0n) is 13.4. The third-order valence-electron chi connectivity index (χ3n) is 3.73. The molecule has 0 atom stereocenters. The highest BCUT2D eigenvalue weighted by Crippen LogP contribution is 2.40. The standard InChI is InChI=1S/C16H18ClN5O2S/c17-11-3-5-12(6-4-11)19-14(24)9-25-16-21-20-15(10-1-2-10)22(16)8-7-13(18)23/h3-6,10H,1-2,7-9H2,(H2,18,23)(H,19,24). The molecule has 7 nitrogen and oxygen atoms in total. The molecule has 0 unspecified atom stereocenters. The molecular weight excluding hydrogens is 362 g/mol. The number of nitrogens with one attached hydrogen (secondary N) is 1. The number of halogens is 1. The zero-order valence-corrected chi connectivity index (χ0v) is 15.0. The molecule has 1 saturated carbocycles. The molecule has 0 saturated heterocycles. The van der Waals surface area contributed by atoms with Crippen LogP contribution in [-0.4, -0.2) is 32.3 Å². The van der Waals surface area contributed by atoms with Crippen LogP contribution in [0.1, 0.15) is 31.0 Å². The monoisotopic (exact) mass is 379 g/mol. The second-order valence-electron chi connectivity index (χ2n) is 5.83. The van der Waals surface area contributed by atoms with Gasteiger partial charge in [-0.15, -0.1) is 10.2 Å². The molecule has 3 N–H and O–H groups in total.